The molecule has 0 aromatic rings. The number of hydrogen-bond acceptors (Lipinski definition) is 3. The third kappa shape index (κ3) is 3.64. The van der Waals surface area contributed by atoms with Crippen molar-refractivity contribution in [1.29, 1.82) is 0 Å². The topological polar surface area (TPSA) is 46.6 Å². The van der Waals surface area contributed by atoms with E-state index in [1.54, 1.807) is 20.8 Å². The van der Waals surface area contributed by atoms with Crippen LogP contribution in [0.3, 0.4) is 0 Å². The molecular formula is C11H17F2NO3. The predicted octanol–water partition coefficient (Wildman–Crippen LogP) is 2.08. The van der Waals surface area contributed by atoms with Gasteiger partial charge >= 0.3 is 6.09 Å². The fourth-order valence-corrected chi connectivity index (χ4v) is 1.61. The molecular weight excluding hydrogens is 232 g/mol. The molecule has 0 bridgehead atoms. The van der Waals surface area contributed by atoms with Crippen LogP contribution in [-0.4, -0.2) is 41.9 Å². The molecule has 1 atom stereocenters. The van der Waals surface area contributed by atoms with E-state index in [0.717, 1.165) is 4.90 Å². The molecule has 0 N–H and O–H groups in total. The van der Waals surface area contributed by atoms with E-state index in [0.29, 0.717) is 0 Å². The number of rotatable bonds is 1. The largest absolute Gasteiger partial charge is 0.444 e. The number of alkyl halides is 2. The van der Waals surface area contributed by atoms with Gasteiger partial charge in [0.2, 0.25) is 0 Å². The summed E-state index contributed by atoms with van der Waals surface area (Å²) in [5.41, 5.74) is -0.714. The Kier molecular flexibility index (Phi) is 3.74. The van der Waals surface area contributed by atoms with Crippen molar-refractivity contribution in [3.63, 3.8) is 0 Å². The highest BCUT2D eigenvalue weighted by Crippen LogP contribution is 2.32. The number of ether oxygens (including phenoxy) is 1. The zero-order valence-electron chi connectivity index (χ0n) is 10.2. The summed E-state index contributed by atoms with van der Waals surface area (Å²) in [6.45, 7) is 4.36. The number of aldehydes is 1. The molecule has 98 valence electrons. The average molecular weight is 249 g/mol. The smallest absolute Gasteiger partial charge is 0.410 e. The lowest BCUT2D eigenvalue weighted by atomic mass is 9.95. The van der Waals surface area contributed by atoms with Crippen molar-refractivity contribution in [2.75, 3.05) is 13.1 Å². The normalized spacial score (nSPS) is 24.3. The highest BCUT2D eigenvalue weighted by molar-refractivity contribution is 5.69. The van der Waals surface area contributed by atoms with Crippen LogP contribution < -0.4 is 0 Å². The van der Waals surface area contributed by atoms with E-state index in [-0.39, 0.29) is 19.3 Å². The van der Waals surface area contributed by atoms with Crippen LogP contribution in [0.1, 0.15) is 27.2 Å². The monoisotopic (exact) mass is 249 g/mol. The van der Waals surface area contributed by atoms with Crippen LogP contribution in [0.2, 0.25) is 0 Å². The van der Waals surface area contributed by atoms with Crippen molar-refractivity contribution in [2.45, 2.75) is 38.7 Å². The predicted molar refractivity (Wildman–Crippen MR) is 56.9 cm³/mol. The molecule has 1 aliphatic heterocycles. The van der Waals surface area contributed by atoms with Crippen LogP contribution in [0.5, 0.6) is 0 Å². The van der Waals surface area contributed by atoms with Gasteiger partial charge in [0.1, 0.15) is 11.9 Å². The highest BCUT2D eigenvalue weighted by atomic mass is 19.3. The first-order valence-corrected chi connectivity index (χ1v) is 5.47. The number of hydrogen-bond donors (Lipinski definition) is 0. The summed E-state index contributed by atoms with van der Waals surface area (Å²) in [5, 5.41) is 0. The molecule has 1 aliphatic rings. The molecule has 0 aromatic heterocycles. The molecule has 1 heterocycles. The van der Waals surface area contributed by atoms with Crippen molar-refractivity contribution in [1.82, 2.24) is 4.90 Å². The maximum atomic E-state index is 13.4. The van der Waals surface area contributed by atoms with Gasteiger partial charge < -0.3 is 14.4 Å². The van der Waals surface area contributed by atoms with Crippen molar-refractivity contribution in [2.24, 2.45) is 5.92 Å². The van der Waals surface area contributed by atoms with Gasteiger partial charge in [0.15, 0.2) is 0 Å². The van der Waals surface area contributed by atoms with E-state index < -0.39 is 30.1 Å². The fraction of sp³-hybridized carbons (Fsp3) is 0.818. The Bertz CT molecular complexity index is 312. The molecule has 17 heavy (non-hydrogen) atoms. The zero-order valence-corrected chi connectivity index (χ0v) is 10.2. The number of amides is 1. The van der Waals surface area contributed by atoms with Crippen LogP contribution in [0.15, 0.2) is 0 Å². The van der Waals surface area contributed by atoms with Crippen LogP contribution in [0, 0.1) is 5.92 Å². The molecule has 0 unspecified atom stereocenters. The molecule has 6 heteroatoms. The van der Waals surface area contributed by atoms with Gasteiger partial charge in [-0.25, -0.2) is 13.6 Å². The van der Waals surface area contributed by atoms with Crippen LogP contribution in [-0.2, 0) is 9.53 Å². The van der Waals surface area contributed by atoms with E-state index in [4.69, 9.17) is 4.74 Å². The third-order valence-electron chi connectivity index (χ3n) is 2.47. The summed E-state index contributed by atoms with van der Waals surface area (Å²) >= 11 is 0. The molecule has 1 rings (SSSR count). The Labute approximate surface area is 98.9 Å². The Balaban J connectivity index is 2.65. The first-order chi connectivity index (χ1) is 7.65. The number of carbonyl (C=O) groups excluding carboxylic acids is 2. The number of halogens is 2. The lowest BCUT2D eigenvalue weighted by Gasteiger charge is -2.36. The third-order valence-corrected chi connectivity index (χ3v) is 2.47. The molecule has 1 fully saturated rings. The second-order valence-electron chi connectivity index (χ2n) is 5.19. The van der Waals surface area contributed by atoms with Gasteiger partial charge in [-0.3, -0.25) is 0 Å². The number of nitrogens with zero attached hydrogens (tertiary/aromatic N) is 1. The average Bonchev–Trinajstić information content (AvgIpc) is 2.13. The molecule has 1 amide bonds. The summed E-state index contributed by atoms with van der Waals surface area (Å²) in [4.78, 5) is 23.0. The molecule has 0 saturated carbocycles. The van der Waals surface area contributed by atoms with Gasteiger partial charge in [0.25, 0.3) is 5.92 Å². The summed E-state index contributed by atoms with van der Waals surface area (Å²) in [6, 6.07) is 0. The molecule has 0 radical (unpaired) electrons. The number of piperidine rings is 1. The van der Waals surface area contributed by atoms with Gasteiger partial charge in [-0.1, -0.05) is 0 Å². The van der Waals surface area contributed by atoms with Crippen molar-refractivity contribution < 1.29 is 23.1 Å². The lowest BCUT2D eigenvalue weighted by Crippen LogP contribution is -2.52. The number of carbonyl (C=O) groups is 2. The van der Waals surface area contributed by atoms with E-state index in [1.807, 2.05) is 0 Å². The van der Waals surface area contributed by atoms with Crippen LogP contribution in [0.4, 0.5) is 13.6 Å². The first kappa shape index (κ1) is 13.9. The second kappa shape index (κ2) is 4.58. The van der Waals surface area contributed by atoms with Gasteiger partial charge in [-0.05, 0) is 27.2 Å². The van der Waals surface area contributed by atoms with Gasteiger partial charge in [-0.2, -0.15) is 0 Å². The maximum Gasteiger partial charge on any atom is 0.410 e. The van der Waals surface area contributed by atoms with Crippen molar-refractivity contribution in [3.8, 4) is 0 Å². The van der Waals surface area contributed by atoms with Gasteiger partial charge in [0.05, 0.1) is 12.5 Å². The maximum absolute atomic E-state index is 13.4. The minimum absolute atomic E-state index is 0.0320. The summed E-state index contributed by atoms with van der Waals surface area (Å²) < 4.78 is 31.9. The molecule has 0 aromatic carbocycles. The highest BCUT2D eigenvalue weighted by Gasteiger charge is 2.46. The van der Waals surface area contributed by atoms with Crippen molar-refractivity contribution >= 4 is 12.4 Å². The second-order valence-corrected chi connectivity index (χ2v) is 5.19. The number of likely N-dealkylation sites (tertiary alicyclic amines) is 1. The Morgan fingerprint density at radius 1 is 1.47 bits per heavy atom. The Morgan fingerprint density at radius 3 is 2.47 bits per heavy atom. The van der Waals surface area contributed by atoms with E-state index >= 15 is 0 Å². The summed E-state index contributed by atoms with van der Waals surface area (Å²) in [7, 11) is 0. The van der Waals surface area contributed by atoms with E-state index in [9.17, 15) is 18.4 Å². The first-order valence-electron chi connectivity index (χ1n) is 5.47. The molecule has 4 nitrogen and oxygen atoms in total. The van der Waals surface area contributed by atoms with E-state index in [1.165, 1.54) is 0 Å². The minimum atomic E-state index is -3.17. The SMILES string of the molecule is CC(C)(C)OC(=O)N1CC[C@@H](C=O)C(F)(F)C1. The van der Waals surface area contributed by atoms with Crippen molar-refractivity contribution in [3.05, 3.63) is 0 Å². The molecule has 0 spiro atoms. The molecule has 1 saturated heterocycles. The zero-order chi connectivity index (χ0) is 13.3. The quantitative estimate of drug-likeness (QED) is 0.668. The van der Waals surface area contributed by atoms with Gasteiger partial charge in [-0.15, -0.1) is 0 Å². The fourth-order valence-electron chi connectivity index (χ4n) is 1.61. The van der Waals surface area contributed by atoms with Gasteiger partial charge in [0, 0.05) is 6.54 Å². The summed E-state index contributed by atoms with van der Waals surface area (Å²) in [6.07, 6.45) is -0.538. The summed E-state index contributed by atoms with van der Waals surface area (Å²) in [5.74, 6) is -4.47. The molecule has 0 aliphatic carbocycles. The van der Waals surface area contributed by atoms with Crippen LogP contribution in [0.25, 0.3) is 0 Å². The van der Waals surface area contributed by atoms with Crippen LogP contribution >= 0.6 is 0 Å². The Hall–Kier alpha value is -1.20. The Morgan fingerprint density at radius 2 is 2.06 bits per heavy atom. The minimum Gasteiger partial charge on any atom is -0.444 e. The van der Waals surface area contributed by atoms with E-state index in [2.05, 4.69) is 0 Å². The lowest BCUT2D eigenvalue weighted by molar-refractivity contribution is -0.137. The standard InChI is InChI=1S/C11H17F2NO3/c1-10(2,3)17-9(16)14-5-4-8(6-15)11(12,13)7-14/h6,8H,4-5,7H2,1-3H3/t8-/m0/s1.